The molecule has 2 N–H and O–H groups in total. The monoisotopic (exact) mass is 664 g/mol. The summed E-state index contributed by atoms with van der Waals surface area (Å²) >= 11 is 0. The van der Waals surface area contributed by atoms with Crippen LogP contribution in [0.1, 0.15) is 75.0 Å². The summed E-state index contributed by atoms with van der Waals surface area (Å²) in [6.45, 7) is 3.97. The number of carbonyl (C=O) groups excluding carboxylic acids is 3. The predicted molar refractivity (Wildman–Crippen MR) is 178 cm³/mol. The number of piperidine rings is 1. The Hall–Kier alpha value is -4.51. The van der Waals surface area contributed by atoms with E-state index in [1.807, 2.05) is 20.0 Å². The third-order valence-electron chi connectivity index (χ3n) is 13.5. The van der Waals surface area contributed by atoms with Crippen LogP contribution in [0, 0.1) is 5.41 Å². The number of anilines is 2. The highest BCUT2D eigenvalue weighted by Gasteiger charge is 2.81. The largest absolute Gasteiger partial charge is 0.506 e. The number of rotatable bonds is 3. The first kappa shape index (κ1) is 29.4. The van der Waals surface area contributed by atoms with E-state index in [9.17, 15) is 24.6 Å². The molecule has 10 rings (SSSR count). The molecule has 8 aliphatic rings. The van der Waals surface area contributed by atoms with Crippen molar-refractivity contribution in [2.24, 2.45) is 5.41 Å². The van der Waals surface area contributed by atoms with Gasteiger partial charge in [-0.15, -0.1) is 0 Å². The van der Waals surface area contributed by atoms with Gasteiger partial charge in [-0.1, -0.05) is 31.2 Å². The topological polar surface area (TPSA) is 123 Å². The Labute approximate surface area is 284 Å². The maximum atomic E-state index is 14.1. The van der Waals surface area contributed by atoms with E-state index < -0.39 is 28.0 Å². The molecule has 2 amide bonds. The number of hydrogen-bond acceptors (Lipinski definition) is 9. The molecule has 7 aliphatic heterocycles. The first-order valence-corrected chi connectivity index (χ1v) is 17.7. The minimum absolute atomic E-state index is 0.00890. The summed E-state index contributed by atoms with van der Waals surface area (Å²) in [5, 5.41) is 23.9. The van der Waals surface area contributed by atoms with E-state index in [1.165, 1.54) is 7.11 Å². The van der Waals surface area contributed by atoms with Gasteiger partial charge in [0.15, 0.2) is 17.2 Å². The van der Waals surface area contributed by atoms with Gasteiger partial charge < -0.3 is 29.5 Å². The lowest BCUT2D eigenvalue weighted by atomic mass is 9.53. The highest BCUT2D eigenvalue weighted by molar-refractivity contribution is 6.06. The van der Waals surface area contributed by atoms with E-state index in [2.05, 4.69) is 28.0 Å². The molecule has 49 heavy (non-hydrogen) atoms. The molecule has 3 saturated heterocycles. The molecule has 2 spiro atoms. The summed E-state index contributed by atoms with van der Waals surface area (Å²) in [6.07, 6.45) is 8.58. The second kappa shape index (κ2) is 9.18. The Bertz CT molecular complexity index is 2010. The van der Waals surface area contributed by atoms with Crippen molar-refractivity contribution in [2.45, 2.75) is 80.9 Å². The van der Waals surface area contributed by atoms with Crippen LogP contribution >= 0.6 is 0 Å². The maximum absolute atomic E-state index is 14.1. The zero-order valence-electron chi connectivity index (χ0n) is 28.0. The van der Waals surface area contributed by atoms with Crippen LogP contribution in [0.25, 0.3) is 0 Å². The minimum atomic E-state index is -1.00. The van der Waals surface area contributed by atoms with Crippen LogP contribution < -0.4 is 14.5 Å². The van der Waals surface area contributed by atoms with Crippen molar-refractivity contribution in [3.05, 3.63) is 64.5 Å². The molecule has 5 atom stereocenters. The number of hydrogen-bond donors (Lipinski definition) is 2. The van der Waals surface area contributed by atoms with Crippen LogP contribution in [0.4, 0.5) is 11.4 Å². The summed E-state index contributed by atoms with van der Waals surface area (Å²) < 4.78 is 12.9. The van der Waals surface area contributed by atoms with Crippen LogP contribution in [0.2, 0.25) is 0 Å². The molecule has 11 heteroatoms. The number of amides is 2. The lowest BCUT2D eigenvalue weighted by Gasteiger charge is -2.59. The summed E-state index contributed by atoms with van der Waals surface area (Å²) in [7, 11) is 3.55. The number of nitrogens with zero attached hydrogens (tertiary/aromatic N) is 4. The fourth-order valence-electron chi connectivity index (χ4n) is 11.9. The van der Waals surface area contributed by atoms with Crippen LogP contribution in [-0.4, -0.2) is 83.4 Å². The molecule has 0 saturated carbocycles. The van der Waals surface area contributed by atoms with Crippen molar-refractivity contribution in [3.8, 4) is 17.2 Å². The Balaban J connectivity index is 1.34. The van der Waals surface area contributed by atoms with Gasteiger partial charge in [0.25, 0.3) is 0 Å². The van der Waals surface area contributed by atoms with Crippen molar-refractivity contribution < 1.29 is 34.1 Å². The fourth-order valence-corrected chi connectivity index (χ4v) is 11.9. The van der Waals surface area contributed by atoms with Gasteiger partial charge in [0.05, 0.1) is 52.9 Å². The van der Waals surface area contributed by atoms with E-state index >= 15 is 0 Å². The average Bonchev–Trinajstić information content (AvgIpc) is 3.78. The van der Waals surface area contributed by atoms with Gasteiger partial charge >= 0.3 is 5.97 Å². The standard InChI is InChI=1S/C38H40N4O7/c1-4-27(44)41-26-11-13-35-12-6-16-40-18-15-37(26,38(35,40)49-29(46)20-35)22-19-23(32(47)33(48-3)31(22)41)36-14-17-39(2)24-9-10-28(45)42(34(24)36)30-21(36)7-5-8-25(30)43/h5,7-8,11,13,19,26,43,47H,4,6,9-10,12,14-18,20H2,1-3H3/t26-,35-,36+,37-,38+/m1/s1. The minimum Gasteiger partial charge on any atom is -0.506 e. The third-order valence-corrected chi connectivity index (χ3v) is 13.5. The van der Waals surface area contributed by atoms with Crippen LogP contribution in [0.3, 0.4) is 0 Å². The highest BCUT2D eigenvalue weighted by Crippen LogP contribution is 2.74. The van der Waals surface area contributed by atoms with Gasteiger partial charge in [-0.2, -0.15) is 0 Å². The molecular weight excluding hydrogens is 624 g/mol. The Morgan fingerprint density at radius 3 is 2.67 bits per heavy atom. The van der Waals surface area contributed by atoms with Crippen LogP contribution in [-0.2, 0) is 30.0 Å². The number of carbonyl (C=O) groups is 3. The van der Waals surface area contributed by atoms with Crippen molar-refractivity contribution in [2.75, 3.05) is 43.6 Å². The van der Waals surface area contributed by atoms with E-state index in [1.54, 1.807) is 21.9 Å². The number of methoxy groups -OCH3 is 1. The number of allylic oxidation sites excluding steroid dienone is 2. The maximum Gasteiger partial charge on any atom is 0.308 e. The zero-order valence-corrected chi connectivity index (χ0v) is 28.0. The number of para-hydroxylation sites is 1. The molecule has 0 unspecified atom stereocenters. The van der Waals surface area contributed by atoms with E-state index in [-0.39, 0.29) is 47.9 Å². The lowest BCUT2D eigenvalue weighted by molar-refractivity contribution is -0.207. The fraction of sp³-hybridized carbons (Fsp3) is 0.500. The molecule has 11 nitrogen and oxygen atoms in total. The number of benzene rings is 2. The zero-order chi connectivity index (χ0) is 33.8. The van der Waals surface area contributed by atoms with E-state index in [0.717, 1.165) is 41.9 Å². The van der Waals surface area contributed by atoms with Crippen molar-refractivity contribution in [1.82, 2.24) is 9.80 Å². The summed E-state index contributed by atoms with van der Waals surface area (Å²) in [6, 6.07) is 6.95. The molecule has 254 valence electrons. The van der Waals surface area contributed by atoms with Crippen molar-refractivity contribution in [1.29, 1.82) is 0 Å². The number of phenolic OH excluding ortho intramolecular Hbond substituents is 2. The first-order valence-electron chi connectivity index (χ1n) is 17.7. The highest BCUT2D eigenvalue weighted by atomic mass is 16.6. The van der Waals surface area contributed by atoms with Crippen LogP contribution in [0.5, 0.6) is 17.2 Å². The molecule has 7 heterocycles. The Kier molecular flexibility index (Phi) is 5.51. The summed E-state index contributed by atoms with van der Waals surface area (Å²) in [5.74, 6) is -0.322. The number of esters is 1. The summed E-state index contributed by atoms with van der Waals surface area (Å²) in [4.78, 5) is 49.5. The molecule has 2 aromatic carbocycles. The number of ether oxygens (including phenoxy) is 2. The van der Waals surface area contributed by atoms with E-state index in [0.29, 0.717) is 55.7 Å². The molecule has 0 radical (unpaired) electrons. The number of fused-ring (bicyclic) bond motifs is 4. The smallest absolute Gasteiger partial charge is 0.308 e. The van der Waals surface area contributed by atoms with Gasteiger partial charge in [-0.3, -0.25) is 24.2 Å². The van der Waals surface area contributed by atoms with Gasteiger partial charge in [-0.25, -0.2) is 0 Å². The van der Waals surface area contributed by atoms with Crippen molar-refractivity contribution in [3.63, 3.8) is 0 Å². The average molecular weight is 665 g/mol. The molecule has 1 aliphatic carbocycles. The quantitative estimate of drug-likeness (QED) is 0.368. The SMILES string of the molecule is CCC(=O)N1c2c(cc([C@@]34CCN(C)C5=C3N(C(=O)CC5)c3c(O)cccc34)c(O)c2OC)[C@]23CCN4CCC[C@@]5(C=C[C@@H]12)CC(=O)O[C@@]453. The summed E-state index contributed by atoms with van der Waals surface area (Å²) in [5.41, 5.74) is 1.51. The molecule has 0 aromatic heterocycles. The molecule has 0 bridgehead atoms. The van der Waals surface area contributed by atoms with Crippen LogP contribution in [0.15, 0.2) is 47.8 Å². The van der Waals surface area contributed by atoms with Gasteiger partial charge in [-0.05, 0) is 55.4 Å². The second-order valence-electron chi connectivity index (χ2n) is 15.2. The third kappa shape index (κ3) is 2.94. The lowest BCUT2D eigenvalue weighted by Crippen LogP contribution is -2.71. The Morgan fingerprint density at radius 2 is 1.88 bits per heavy atom. The van der Waals surface area contributed by atoms with Gasteiger partial charge in [0, 0.05) is 50.8 Å². The molecule has 3 fully saturated rings. The Morgan fingerprint density at radius 1 is 1.04 bits per heavy atom. The molecular formula is C38H40N4O7. The first-order chi connectivity index (χ1) is 23.6. The second-order valence-corrected chi connectivity index (χ2v) is 15.2. The van der Waals surface area contributed by atoms with Crippen molar-refractivity contribution >= 4 is 29.2 Å². The van der Waals surface area contributed by atoms with Gasteiger partial charge in [0.1, 0.15) is 5.75 Å². The molecule has 2 aromatic rings. The van der Waals surface area contributed by atoms with Gasteiger partial charge in [0.2, 0.25) is 11.8 Å². The number of phenols is 2. The van der Waals surface area contributed by atoms with E-state index in [4.69, 9.17) is 9.47 Å². The predicted octanol–water partition coefficient (Wildman–Crippen LogP) is 4.14. The normalized spacial score (nSPS) is 34.8. The number of aromatic hydroxyl groups is 2.